The van der Waals surface area contributed by atoms with E-state index in [1.165, 1.54) is 48.5 Å². The highest BCUT2D eigenvalue weighted by Gasteiger charge is 2.15. The number of non-ortho nitro benzene ring substituents is 1. The Morgan fingerprint density at radius 2 is 1.68 bits per heavy atom. The van der Waals surface area contributed by atoms with Crippen LogP contribution >= 0.6 is 0 Å². The highest BCUT2D eigenvalue weighted by atomic mass is 32.2. The monoisotopic (exact) mass is 363 g/mol. The van der Waals surface area contributed by atoms with E-state index in [2.05, 4.69) is 0 Å². The first-order valence-corrected chi connectivity index (χ1v) is 9.28. The maximum Gasteiger partial charge on any atom is 0.343 e. The van der Waals surface area contributed by atoms with Gasteiger partial charge in [0, 0.05) is 12.1 Å². The average molecular weight is 363 g/mol. The van der Waals surface area contributed by atoms with Gasteiger partial charge in [0.15, 0.2) is 9.84 Å². The van der Waals surface area contributed by atoms with Crippen molar-refractivity contribution < 1.29 is 22.9 Å². The van der Waals surface area contributed by atoms with Crippen molar-refractivity contribution in [3.63, 3.8) is 0 Å². The summed E-state index contributed by atoms with van der Waals surface area (Å²) in [4.78, 5) is 22.2. The third-order valence-corrected chi connectivity index (χ3v) is 5.29. The molecule has 0 spiro atoms. The Labute approximate surface area is 145 Å². The zero-order chi connectivity index (χ0) is 18.4. The molecule has 8 heteroatoms. The quantitative estimate of drug-likeness (QED) is 0.323. The molecule has 0 radical (unpaired) electrons. The molecule has 2 aromatic carbocycles. The van der Waals surface area contributed by atoms with Crippen LogP contribution in [-0.4, -0.2) is 25.1 Å². The van der Waals surface area contributed by atoms with E-state index in [1.807, 2.05) is 6.92 Å². The minimum absolute atomic E-state index is 0.0748. The summed E-state index contributed by atoms with van der Waals surface area (Å²) >= 11 is 0. The average Bonchev–Trinajstić information content (AvgIpc) is 2.60. The molecule has 132 valence electrons. The Morgan fingerprint density at radius 3 is 2.20 bits per heavy atom. The minimum Gasteiger partial charge on any atom is -0.423 e. The molecule has 7 nitrogen and oxygen atoms in total. The summed E-state index contributed by atoms with van der Waals surface area (Å²) < 4.78 is 29.3. The molecular weight excluding hydrogens is 346 g/mol. The van der Waals surface area contributed by atoms with E-state index in [0.29, 0.717) is 6.42 Å². The predicted octanol–water partition coefficient (Wildman–Crippen LogP) is 3.39. The van der Waals surface area contributed by atoms with Gasteiger partial charge in [-0.15, -0.1) is 0 Å². The zero-order valence-corrected chi connectivity index (χ0v) is 14.4. The van der Waals surface area contributed by atoms with E-state index in [9.17, 15) is 23.3 Å². The van der Waals surface area contributed by atoms with Crippen LogP contribution in [0.1, 0.15) is 30.1 Å². The predicted molar refractivity (Wildman–Crippen MR) is 91.5 cm³/mol. The number of unbranched alkanes of at least 4 members (excludes halogenated alkanes) is 1. The summed E-state index contributed by atoms with van der Waals surface area (Å²) in [5, 5.41) is 10.6. The number of ether oxygens (including phenoxy) is 1. The van der Waals surface area contributed by atoms with Crippen molar-refractivity contribution in [3.8, 4) is 5.75 Å². The highest BCUT2D eigenvalue weighted by molar-refractivity contribution is 7.91. The van der Waals surface area contributed by atoms with Crippen molar-refractivity contribution in [2.75, 3.05) is 5.75 Å². The van der Waals surface area contributed by atoms with E-state index in [1.54, 1.807) is 0 Å². The number of nitrogens with zero attached hydrogens (tertiary/aromatic N) is 1. The molecule has 0 aliphatic rings. The van der Waals surface area contributed by atoms with Gasteiger partial charge in [0.05, 0.1) is 21.1 Å². The second-order valence-corrected chi connectivity index (χ2v) is 7.45. The standard InChI is InChI=1S/C17H17NO6S/c1-2-3-12-25(22,23)16-10-8-15(9-11-16)24-17(19)13-4-6-14(7-5-13)18(20)21/h4-11H,2-3,12H2,1H3. The molecule has 2 aromatic rings. The van der Waals surface area contributed by atoms with Gasteiger partial charge in [-0.1, -0.05) is 13.3 Å². The first-order chi connectivity index (χ1) is 11.8. The Bertz CT molecular complexity index is 857. The molecule has 0 N–H and O–H groups in total. The first kappa shape index (κ1) is 18.6. The molecular formula is C17H17NO6S. The van der Waals surface area contributed by atoms with Crippen molar-refractivity contribution in [3.05, 3.63) is 64.2 Å². The fourth-order valence-corrected chi connectivity index (χ4v) is 3.51. The fourth-order valence-electron chi connectivity index (χ4n) is 2.05. The number of carbonyl (C=O) groups excluding carboxylic acids is 1. The van der Waals surface area contributed by atoms with Crippen molar-refractivity contribution >= 4 is 21.5 Å². The smallest absolute Gasteiger partial charge is 0.343 e. The van der Waals surface area contributed by atoms with Gasteiger partial charge in [-0.2, -0.15) is 0 Å². The van der Waals surface area contributed by atoms with E-state index < -0.39 is 20.7 Å². The summed E-state index contributed by atoms with van der Waals surface area (Å²) in [5.74, 6) is -0.417. The van der Waals surface area contributed by atoms with Gasteiger partial charge in [0.2, 0.25) is 0 Å². The second kappa shape index (κ2) is 7.89. The van der Waals surface area contributed by atoms with Crippen molar-refractivity contribution in [1.82, 2.24) is 0 Å². The molecule has 0 bridgehead atoms. The molecule has 0 amide bonds. The largest absolute Gasteiger partial charge is 0.423 e. The van der Waals surface area contributed by atoms with Gasteiger partial charge < -0.3 is 4.74 Å². The van der Waals surface area contributed by atoms with Crippen LogP contribution in [0.3, 0.4) is 0 Å². The Balaban J connectivity index is 2.08. The maximum absolute atomic E-state index is 12.1. The lowest BCUT2D eigenvalue weighted by molar-refractivity contribution is -0.384. The molecule has 0 fully saturated rings. The number of nitro groups is 1. The van der Waals surface area contributed by atoms with E-state index in [0.717, 1.165) is 6.42 Å². The topological polar surface area (TPSA) is 104 Å². The van der Waals surface area contributed by atoms with Crippen LogP contribution in [0.4, 0.5) is 5.69 Å². The molecule has 25 heavy (non-hydrogen) atoms. The molecule has 0 aliphatic carbocycles. The lowest BCUT2D eigenvalue weighted by Gasteiger charge is -2.07. The van der Waals surface area contributed by atoms with Gasteiger partial charge >= 0.3 is 5.97 Å². The summed E-state index contributed by atoms with van der Waals surface area (Å²) in [6.07, 6.45) is 1.36. The molecule has 0 saturated heterocycles. The van der Waals surface area contributed by atoms with Crippen LogP contribution in [0, 0.1) is 10.1 Å². The van der Waals surface area contributed by atoms with E-state index in [-0.39, 0.29) is 27.6 Å². The second-order valence-electron chi connectivity index (χ2n) is 5.34. The Hall–Kier alpha value is -2.74. The number of esters is 1. The molecule has 0 aliphatic heterocycles. The highest BCUT2D eigenvalue weighted by Crippen LogP contribution is 2.20. The lowest BCUT2D eigenvalue weighted by atomic mass is 10.2. The number of rotatable bonds is 7. The molecule has 0 heterocycles. The molecule has 0 saturated carbocycles. The van der Waals surface area contributed by atoms with Gasteiger partial charge in [0.1, 0.15) is 5.75 Å². The fraction of sp³-hybridized carbons (Fsp3) is 0.235. The van der Waals surface area contributed by atoms with Gasteiger partial charge in [-0.3, -0.25) is 10.1 Å². The minimum atomic E-state index is -3.34. The summed E-state index contributed by atoms with van der Waals surface area (Å²) in [7, 11) is -3.34. The van der Waals surface area contributed by atoms with Crippen LogP contribution in [0.15, 0.2) is 53.4 Å². The van der Waals surface area contributed by atoms with Gasteiger partial charge in [0.25, 0.3) is 5.69 Å². The summed E-state index contributed by atoms with van der Waals surface area (Å²) in [5.41, 5.74) is 0.0310. The number of carbonyl (C=O) groups is 1. The van der Waals surface area contributed by atoms with Gasteiger partial charge in [-0.25, -0.2) is 13.2 Å². The van der Waals surface area contributed by atoms with E-state index in [4.69, 9.17) is 4.74 Å². The van der Waals surface area contributed by atoms with Crippen molar-refractivity contribution in [1.29, 1.82) is 0 Å². The first-order valence-electron chi connectivity index (χ1n) is 7.63. The SMILES string of the molecule is CCCCS(=O)(=O)c1ccc(OC(=O)c2ccc([N+](=O)[O-])cc2)cc1. The van der Waals surface area contributed by atoms with Gasteiger partial charge in [-0.05, 0) is 42.8 Å². The normalized spacial score (nSPS) is 11.1. The number of hydrogen-bond acceptors (Lipinski definition) is 6. The molecule has 0 atom stereocenters. The number of nitro benzene ring substituents is 1. The molecule has 2 rings (SSSR count). The molecule has 0 unspecified atom stereocenters. The van der Waals surface area contributed by atoms with Crippen molar-refractivity contribution in [2.24, 2.45) is 0 Å². The summed E-state index contributed by atoms with van der Waals surface area (Å²) in [6, 6.07) is 10.6. The van der Waals surface area contributed by atoms with E-state index >= 15 is 0 Å². The lowest BCUT2D eigenvalue weighted by Crippen LogP contribution is -2.09. The van der Waals surface area contributed by atoms with Crippen LogP contribution in [0.2, 0.25) is 0 Å². The zero-order valence-electron chi connectivity index (χ0n) is 13.5. The molecule has 0 aromatic heterocycles. The van der Waals surface area contributed by atoms with Crippen LogP contribution in [0.25, 0.3) is 0 Å². The van der Waals surface area contributed by atoms with Crippen LogP contribution < -0.4 is 4.74 Å². The third-order valence-electron chi connectivity index (χ3n) is 3.47. The number of benzene rings is 2. The summed E-state index contributed by atoms with van der Waals surface area (Å²) in [6.45, 7) is 1.91. The number of sulfone groups is 1. The number of hydrogen-bond donors (Lipinski definition) is 0. The van der Waals surface area contributed by atoms with Crippen LogP contribution in [-0.2, 0) is 9.84 Å². The maximum atomic E-state index is 12.1. The van der Waals surface area contributed by atoms with Crippen molar-refractivity contribution in [2.45, 2.75) is 24.7 Å². The third kappa shape index (κ3) is 4.87. The Kier molecular flexibility index (Phi) is 5.87. The van der Waals surface area contributed by atoms with Crippen LogP contribution in [0.5, 0.6) is 5.75 Å². The Morgan fingerprint density at radius 1 is 1.08 bits per heavy atom.